The minimum Gasteiger partial charge on any atom is -0.487 e. The number of nitrogens with one attached hydrogen (secondary N) is 1. The largest absolute Gasteiger partial charge is 0.487 e. The van der Waals surface area contributed by atoms with E-state index in [2.05, 4.69) is 4.98 Å². The van der Waals surface area contributed by atoms with Gasteiger partial charge in [0.1, 0.15) is 17.4 Å². The number of rotatable bonds is 4. The Bertz CT molecular complexity index is 838. The van der Waals surface area contributed by atoms with Gasteiger partial charge >= 0.3 is 0 Å². The smallest absolute Gasteiger partial charge is 0.269 e. The fraction of sp³-hybridized carbons (Fsp3) is 0.250. The molecule has 1 aromatic carbocycles. The van der Waals surface area contributed by atoms with Crippen molar-refractivity contribution in [3.05, 3.63) is 68.1 Å². The number of benzene rings is 1. The lowest BCUT2D eigenvalue weighted by Gasteiger charge is -2.38. The number of amides is 1. The molecule has 8 nitrogen and oxygen atoms in total. The van der Waals surface area contributed by atoms with Crippen molar-refractivity contribution >= 4 is 11.6 Å². The van der Waals surface area contributed by atoms with Crippen LogP contribution in [0.5, 0.6) is 5.75 Å². The number of carbonyl (C=O) groups is 1. The first kappa shape index (κ1) is 15.7. The first-order chi connectivity index (χ1) is 11.4. The third-order valence-corrected chi connectivity index (χ3v) is 3.77. The van der Waals surface area contributed by atoms with E-state index in [1.54, 1.807) is 13.0 Å². The summed E-state index contributed by atoms with van der Waals surface area (Å²) in [5.41, 5.74) is 0.389. The Morgan fingerprint density at radius 3 is 2.50 bits per heavy atom. The number of nitrogens with zero attached hydrogens (tertiary/aromatic N) is 2. The summed E-state index contributed by atoms with van der Waals surface area (Å²) in [5.74, 6) is 0.172. The molecule has 1 amide bonds. The van der Waals surface area contributed by atoms with Crippen LogP contribution in [0, 0.1) is 17.0 Å². The Hall–Kier alpha value is -3.16. The summed E-state index contributed by atoms with van der Waals surface area (Å²) in [7, 11) is 0. The van der Waals surface area contributed by atoms with Gasteiger partial charge in [-0.25, -0.2) is 0 Å². The van der Waals surface area contributed by atoms with Gasteiger partial charge in [-0.15, -0.1) is 0 Å². The molecule has 0 atom stereocenters. The predicted molar refractivity (Wildman–Crippen MR) is 85.2 cm³/mol. The molecule has 0 spiro atoms. The van der Waals surface area contributed by atoms with Crippen LogP contribution in [0.25, 0.3) is 0 Å². The number of carbonyl (C=O) groups excluding carboxylic acids is 1. The number of non-ortho nitro benzene ring substituents is 1. The molecule has 1 saturated heterocycles. The molecule has 124 valence electrons. The summed E-state index contributed by atoms with van der Waals surface area (Å²) < 4.78 is 5.65. The molecule has 0 unspecified atom stereocenters. The van der Waals surface area contributed by atoms with Gasteiger partial charge in [-0.05, 0) is 31.2 Å². The maximum absolute atomic E-state index is 12.3. The zero-order chi connectivity index (χ0) is 17.3. The summed E-state index contributed by atoms with van der Waals surface area (Å²) in [6, 6.07) is 8.96. The average molecular weight is 329 g/mol. The maximum Gasteiger partial charge on any atom is 0.269 e. The van der Waals surface area contributed by atoms with Crippen molar-refractivity contribution in [1.29, 1.82) is 0 Å². The fourth-order valence-corrected chi connectivity index (χ4v) is 2.43. The van der Waals surface area contributed by atoms with Gasteiger partial charge in [0.2, 0.25) is 0 Å². The normalized spacial score (nSPS) is 14.1. The lowest BCUT2D eigenvalue weighted by atomic mass is 10.1. The molecule has 1 aliphatic heterocycles. The molecule has 2 heterocycles. The molecule has 0 aliphatic carbocycles. The molecule has 24 heavy (non-hydrogen) atoms. The average Bonchev–Trinajstić information content (AvgIpc) is 2.50. The van der Waals surface area contributed by atoms with Crippen molar-refractivity contribution in [2.45, 2.75) is 13.0 Å². The van der Waals surface area contributed by atoms with Crippen molar-refractivity contribution in [2.24, 2.45) is 0 Å². The van der Waals surface area contributed by atoms with Crippen LogP contribution in [-0.4, -0.2) is 39.9 Å². The summed E-state index contributed by atoms with van der Waals surface area (Å²) >= 11 is 0. The third kappa shape index (κ3) is 3.12. The van der Waals surface area contributed by atoms with Gasteiger partial charge in [0.05, 0.1) is 18.0 Å². The van der Waals surface area contributed by atoms with Crippen LogP contribution in [0.15, 0.2) is 41.2 Å². The first-order valence-electron chi connectivity index (χ1n) is 7.34. The second-order valence-corrected chi connectivity index (χ2v) is 5.59. The van der Waals surface area contributed by atoms with Crippen LogP contribution in [0.2, 0.25) is 0 Å². The first-order valence-corrected chi connectivity index (χ1v) is 7.34. The molecule has 8 heteroatoms. The maximum atomic E-state index is 12.3. The van der Waals surface area contributed by atoms with Gasteiger partial charge in [-0.3, -0.25) is 19.7 Å². The Balaban J connectivity index is 1.58. The van der Waals surface area contributed by atoms with E-state index in [1.807, 2.05) is 0 Å². The van der Waals surface area contributed by atoms with Crippen LogP contribution < -0.4 is 10.3 Å². The minimum absolute atomic E-state index is 0.00800. The Kier molecular flexibility index (Phi) is 4.03. The van der Waals surface area contributed by atoms with E-state index in [4.69, 9.17) is 4.74 Å². The van der Waals surface area contributed by atoms with Crippen LogP contribution in [0.3, 0.4) is 0 Å². The number of hydrogen-bond acceptors (Lipinski definition) is 5. The van der Waals surface area contributed by atoms with Gasteiger partial charge in [-0.2, -0.15) is 0 Å². The molecule has 1 N–H and O–H groups in total. The molecule has 1 aliphatic rings. The Morgan fingerprint density at radius 2 is 1.92 bits per heavy atom. The van der Waals surface area contributed by atoms with Crippen LogP contribution in [0.1, 0.15) is 16.1 Å². The van der Waals surface area contributed by atoms with E-state index < -0.39 is 10.5 Å². The van der Waals surface area contributed by atoms with E-state index in [-0.39, 0.29) is 23.3 Å². The predicted octanol–water partition coefficient (Wildman–Crippen LogP) is 1.49. The number of aryl methyl sites for hydroxylation is 1. The third-order valence-electron chi connectivity index (χ3n) is 3.77. The molecule has 0 radical (unpaired) electrons. The topological polar surface area (TPSA) is 106 Å². The van der Waals surface area contributed by atoms with E-state index in [0.29, 0.717) is 24.5 Å². The SMILES string of the molecule is Cc1ccc(C(=O)N2CC(Oc3ccc([N+](=O)[O-])cc3)C2)c(=O)[nH]1. The summed E-state index contributed by atoms with van der Waals surface area (Å²) in [5, 5.41) is 10.6. The quantitative estimate of drug-likeness (QED) is 0.676. The van der Waals surface area contributed by atoms with Gasteiger partial charge in [0.25, 0.3) is 17.2 Å². The number of aromatic nitrogens is 1. The zero-order valence-corrected chi connectivity index (χ0v) is 12.9. The molecule has 2 aromatic rings. The van der Waals surface area contributed by atoms with Crippen molar-refractivity contribution < 1.29 is 14.5 Å². The standard InChI is InChI=1S/C16H15N3O5/c1-10-2-7-14(15(20)17-10)16(21)18-8-13(9-18)24-12-5-3-11(4-6-12)19(22)23/h2-7,13H,8-9H2,1H3,(H,17,20). The van der Waals surface area contributed by atoms with E-state index >= 15 is 0 Å². The molecular weight excluding hydrogens is 314 g/mol. The number of ether oxygens (including phenoxy) is 1. The number of pyridine rings is 1. The van der Waals surface area contributed by atoms with E-state index in [1.165, 1.54) is 35.2 Å². The number of aromatic amines is 1. The molecule has 0 bridgehead atoms. The number of nitro groups is 1. The molecule has 1 fully saturated rings. The van der Waals surface area contributed by atoms with E-state index in [0.717, 1.165) is 0 Å². The highest BCUT2D eigenvalue weighted by molar-refractivity contribution is 5.94. The minimum atomic E-state index is -0.480. The highest BCUT2D eigenvalue weighted by atomic mass is 16.6. The molecule has 1 aromatic heterocycles. The highest BCUT2D eigenvalue weighted by Gasteiger charge is 2.33. The summed E-state index contributed by atoms with van der Waals surface area (Å²) in [6.07, 6.45) is -0.195. The molecule has 0 saturated carbocycles. The van der Waals surface area contributed by atoms with Crippen LogP contribution >= 0.6 is 0 Å². The van der Waals surface area contributed by atoms with Crippen LogP contribution in [-0.2, 0) is 0 Å². The van der Waals surface area contributed by atoms with Crippen molar-refractivity contribution in [3.63, 3.8) is 0 Å². The Morgan fingerprint density at radius 1 is 1.25 bits per heavy atom. The highest BCUT2D eigenvalue weighted by Crippen LogP contribution is 2.22. The number of nitro benzene ring substituents is 1. The van der Waals surface area contributed by atoms with Crippen molar-refractivity contribution in [3.8, 4) is 5.75 Å². The second kappa shape index (κ2) is 6.15. The van der Waals surface area contributed by atoms with Crippen molar-refractivity contribution in [2.75, 3.05) is 13.1 Å². The van der Waals surface area contributed by atoms with Gasteiger partial charge in [0, 0.05) is 17.8 Å². The summed E-state index contributed by atoms with van der Waals surface area (Å²) in [4.78, 5) is 38.3. The van der Waals surface area contributed by atoms with Gasteiger partial charge in [0.15, 0.2) is 0 Å². The zero-order valence-electron chi connectivity index (χ0n) is 12.9. The van der Waals surface area contributed by atoms with Gasteiger partial charge in [-0.1, -0.05) is 0 Å². The number of H-pyrrole nitrogens is 1. The number of likely N-dealkylation sites (tertiary alicyclic amines) is 1. The molecule has 3 rings (SSSR count). The molecular formula is C16H15N3O5. The van der Waals surface area contributed by atoms with Gasteiger partial charge < -0.3 is 14.6 Å². The van der Waals surface area contributed by atoms with E-state index in [9.17, 15) is 19.7 Å². The number of hydrogen-bond donors (Lipinski definition) is 1. The lowest BCUT2D eigenvalue weighted by Crippen LogP contribution is -2.56. The Labute approximate surface area is 136 Å². The van der Waals surface area contributed by atoms with Crippen LogP contribution in [0.4, 0.5) is 5.69 Å². The summed E-state index contributed by atoms with van der Waals surface area (Å²) in [6.45, 7) is 2.47. The fourth-order valence-electron chi connectivity index (χ4n) is 2.43. The second-order valence-electron chi connectivity index (χ2n) is 5.59. The van der Waals surface area contributed by atoms with Crippen molar-refractivity contribution in [1.82, 2.24) is 9.88 Å². The monoisotopic (exact) mass is 329 g/mol. The lowest BCUT2D eigenvalue weighted by molar-refractivity contribution is -0.384.